The molecular weight excluding hydrogens is 318 g/mol. The second-order valence-corrected chi connectivity index (χ2v) is 6.82. The van der Waals surface area contributed by atoms with Crippen LogP contribution in [0, 0.1) is 5.92 Å². The summed E-state index contributed by atoms with van der Waals surface area (Å²) < 4.78 is 13.3. The highest BCUT2D eigenvalue weighted by Crippen LogP contribution is 2.30. The molecule has 0 unspecified atom stereocenters. The van der Waals surface area contributed by atoms with Crippen LogP contribution in [0.2, 0.25) is 0 Å². The molecule has 2 atom stereocenters. The lowest BCUT2D eigenvalue weighted by Crippen LogP contribution is -2.37. The van der Waals surface area contributed by atoms with Gasteiger partial charge >= 0.3 is 0 Å². The minimum Gasteiger partial charge on any atom is -0.493 e. The lowest BCUT2D eigenvalue weighted by atomic mass is 10.1. The zero-order valence-corrected chi connectivity index (χ0v) is 14.4. The van der Waals surface area contributed by atoms with Crippen molar-refractivity contribution >= 4 is 5.91 Å². The predicted octanol–water partition coefficient (Wildman–Crippen LogP) is 2.47. The van der Waals surface area contributed by atoms with E-state index in [-0.39, 0.29) is 18.1 Å². The summed E-state index contributed by atoms with van der Waals surface area (Å²) in [6, 6.07) is 9.23. The third-order valence-electron chi connectivity index (χ3n) is 4.86. The Balaban J connectivity index is 1.38. The molecule has 4 rings (SSSR count). The van der Waals surface area contributed by atoms with Gasteiger partial charge in [0, 0.05) is 25.4 Å². The van der Waals surface area contributed by atoms with Gasteiger partial charge in [0.05, 0.1) is 18.3 Å². The number of ether oxygens (including phenoxy) is 2. The van der Waals surface area contributed by atoms with Crippen molar-refractivity contribution < 1.29 is 14.3 Å². The summed E-state index contributed by atoms with van der Waals surface area (Å²) in [7, 11) is 1.89. The van der Waals surface area contributed by atoms with Gasteiger partial charge in [-0.05, 0) is 55.5 Å². The average molecular weight is 341 g/mol. The summed E-state index contributed by atoms with van der Waals surface area (Å²) in [5.74, 6) is 1.45. The first-order chi connectivity index (χ1) is 12.2. The van der Waals surface area contributed by atoms with E-state index in [0.717, 1.165) is 24.5 Å². The molecule has 1 saturated carbocycles. The molecule has 2 heterocycles. The van der Waals surface area contributed by atoms with E-state index in [0.29, 0.717) is 18.1 Å². The van der Waals surface area contributed by atoms with Gasteiger partial charge in [0.2, 0.25) is 0 Å². The van der Waals surface area contributed by atoms with Crippen LogP contribution >= 0.6 is 0 Å². The van der Waals surface area contributed by atoms with Crippen molar-refractivity contribution in [3.05, 3.63) is 47.8 Å². The topological polar surface area (TPSA) is 65.4 Å². The lowest BCUT2D eigenvalue weighted by molar-refractivity contribution is 0.0792. The first-order valence-corrected chi connectivity index (χ1v) is 8.84. The number of nitrogens with zero attached hydrogens (tertiary/aromatic N) is 2. The molecule has 1 amide bonds. The third-order valence-corrected chi connectivity index (χ3v) is 4.86. The van der Waals surface area contributed by atoms with Gasteiger partial charge in [-0.1, -0.05) is 0 Å². The monoisotopic (exact) mass is 341 g/mol. The van der Waals surface area contributed by atoms with Crippen molar-refractivity contribution in [1.29, 1.82) is 0 Å². The molecule has 2 aromatic rings. The van der Waals surface area contributed by atoms with E-state index >= 15 is 0 Å². The molecule has 1 aliphatic heterocycles. The van der Waals surface area contributed by atoms with Crippen LogP contribution in [0.4, 0.5) is 0 Å². The van der Waals surface area contributed by atoms with E-state index in [9.17, 15) is 4.79 Å². The SMILES string of the molecule is Cn1nccc1[C@H]1OCC[C@@H]1NC(=O)c1ccc(OCC2CC2)cc1. The molecule has 6 heteroatoms. The van der Waals surface area contributed by atoms with Gasteiger partial charge in [0.1, 0.15) is 11.9 Å². The van der Waals surface area contributed by atoms with Crippen molar-refractivity contribution in [3.63, 3.8) is 0 Å². The van der Waals surface area contributed by atoms with E-state index in [1.54, 1.807) is 10.9 Å². The van der Waals surface area contributed by atoms with Crippen LogP contribution < -0.4 is 10.1 Å². The molecule has 6 nitrogen and oxygen atoms in total. The Labute approximate surface area is 147 Å². The summed E-state index contributed by atoms with van der Waals surface area (Å²) in [6.45, 7) is 1.41. The minimum atomic E-state index is -0.155. The fraction of sp³-hybridized carbons (Fsp3) is 0.474. The number of amides is 1. The van der Waals surface area contributed by atoms with Gasteiger partial charge in [0.15, 0.2) is 0 Å². The van der Waals surface area contributed by atoms with Gasteiger partial charge in [-0.15, -0.1) is 0 Å². The highest BCUT2D eigenvalue weighted by atomic mass is 16.5. The first kappa shape index (κ1) is 16.1. The Bertz CT molecular complexity index is 737. The number of aromatic nitrogens is 2. The number of hydrogen-bond acceptors (Lipinski definition) is 4. The molecule has 1 aromatic heterocycles. The van der Waals surface area contributed by atoms with E-state index in [4.69, 9.17) is 9.47 Å². The van der Waals surface area contributed by atoms with Crippen LogP contribution in [0.25, 0.3) is 0 Å². The number of benzene rings is 1. The minimum absolute atomic E-state index is 0.0475. The largest absolute Gasteiger partial charge is 0.493 e. The van der Waals surface area contributed by atoms with E-state index in [1.165, 1.54) is 12.8 Å². The number of nitrogens with one attached hydrogen (secondary N) is 1. The van der Waals surface area contributed by atoms with Crippen molar-refractivity contribution in [2.75, 3.05) is 13.2 Å². The molecule has 1 saturated heterocycles. The molecule has 0 radical (unpaired) electrons. The zero-order chi connectivity index (χ0) is 17.2. The van der Waals surface area contributed by atoms with E-state index in [1.807, 2.05) is 37.4 Å². The van der Waals surface area contributed by atoms with E-state index in [2.05, 4.69) is 10.4 Å². The summed E-state index contributed by atoms with van der Waals surface area (Å²) in [4.78, 5) is 12.6. The predicted molar refractivity (Wildman–Crippen MR) is 92.4 cm³/mol. The van der Waals surface area contributed by atoms with Crippen LogP contribution in [0.15, 0.2) is 36.5 Å². The second kappa shape index (κ2) is 6.88. The third kappa shape index (κ3) is 3.69. The highest BCUT2D eigenvalue weighted by Gasteiger charge is 2.33. The van der Waals surface area contributed by atoms with Gasteiger partial charge in [-0.3, -0.25) is 9.48 Å². The van der Waals surface area contributed by atoms with Crippen LogP contribution in [0.3, 0.4) is 0 Å². The molecule has 0 spiro atoms. The molecule has 25 heavy (non-hydrogen) atoms. The standard InChI is InChI=1S/C19H23N3O3/c1-22-17(8-10-20-22)18-16(9-11-24-18)21-19(23)14-4-6-15(7-5-14)25-12-13-2-3-13/h4-8,10,13,16,18H,2-3,9,11-12H2,1H3,(H,21,23)/t16-,18-/m0/s1. The van der Waals surface area contributed by atoms with Gasteiger partial charge < -0.3 is 14.8 Å². The molecule has 2 aliphatic rings. The number of rotatable bonds is 6. The van der Waals surface area contributed by atoms with Gasteiger partial charge in [-0.2, -0.15) is 5.10 Å². The van der Waals surface area contributed by atoms with Gasteiger partial charge in [0.25, 0.3) is 5.91 Å². The molecule has 1 aromatic carbocycles. The number of aryl methyl sites for hydroxylation is 1. The summed E-state index contributed by atoms with van der Waals surface area (Å²) in [6.07, 6.45) is 4.92. The molecule has 1 N–H and O–H groups in total. The normalized spacial score (nSPS) is 22.8. The number of carbonyl (C=O) groups excluding carboxylic acids is 1. The zero-order valence-electron chi connectivity index (χ0n) is 14.4. The molecule has 2 fully saturated rings. The van der Waals surface area contributed by atoms with E-state index < -0.39 is 0 Å². The second-order valence-electron chi connectivity index (χ2n) is 6.82. The van der Waals surface area contributed by atoms with Crippen molar-refractivity contribution in [2.24, 2.45) is 13.0 Å². The Hall–Kier alpha value is -2.34. The van der Waals surface area contributed by atoms with Crippen LogP contribution in [-0.2, 0) is 11.8 Å². The maximum Gasteiger partial charge on any atom is 0.251 e. The van der Waals surface area contributed by atoms with Crippen molar-refractivity contribution in [2.45, 2.75) is 31.4 Å². The maximum atomic E-state index is 12.6. The smallest absolute Gasteiger partial charge is 0.251 e. The van der Waals surface area contributed by atoms with Crippen molar-refractivity contribution in [1.82, 2.24) is 15.1 Å². The number of hydrogen-bond donors (Lipinski definition) is 1. The Kier molecular flexibility index (Phi) is 4.44. The molecule has 1 aliphatic carbocycles. The average Bonchev–Trinajstić information content (AvgIpc) is 3.20. The van der Waals surface area contributed by atoms with Crippen LogP contribution in [0.1, 0.15) is 41.4 Å². The van der Waals surface area contributed by atoms with Crippen LogP contribution in [0.5, 0.6) is 5.75 Å². The number of carbonyl (C=O) groups is 1. The Morgan fingerprint density at radius 2 is 2.08 bits per heavy atom. The Morgan fingerprint density at radius 3 is 2.76 bits per heavy atom. The first-order valence-electron chi connectivity index (χ1n) is 8.84. The molecule has 132 valence electrons. The summed E-state index contributed by atoms with van der Waals surface area (Å²) in [5.41, 5.74) is 1.61. The maximum absolute atomic E-state index is 12.6. The summed E-state index contributed by atoms with van der Waals surface area (Å²) in [5, 5.41) is 7.28. The van der Waals surface area contributed by atoms with Crippen molar-refractivity contribution in [3.8, 4) is 5.75 Å². The molecule has 0 bridgehead atoms. The molecular formula is C19H23N3O3. The van der Waals surface area contributed by atoms with Crippen LogP contribution in [-0.4, -0.2) is 34.9 Å². The van der Waals surface area contributed by atoms with Gasteiger partial charge in [-0.25, -0.2) is 0 Å². The fourth-order valence-electron chi connectivity index (χ4n) is 3.14. The quantitative estimate of drug-likeness (QED) is 0.877. The Morgan fingerprint density at radius 1 is 1.28 bits per heavy atom. The summed E-state index contributed by atoms with van der Waals surface area (Å²) >= 11 is 0. The lowest BCUT2D eigenvalue weighted by Gasteiger charge is -2.20. The highest BCUT2D eigenvalue weighted by molar-refractivity contribution is 5.94. The fourth-order valence-corrected chi connectivity index (χ4v) is 3.14.